The fraction of sp³-hybridized carbons (Fsp3) is 0.238. The van der Waals surface area contributed by atoms with Crippen molar-refractivity contribution in [2.45, 2.75) is 12.5 Å². The van der Waals surface area contributed by atoms with Crippen LogP contribution in [0, 0.1) is 11.6 Å². The maximum Gasteiger partial charge on any atom is 0.250 e. The van der Waals surface area contributed by atoms with E-state index in [0.717, 1.165) is 16.4 Å². The number of fused-ring (bicyclic) bond motifs is 1. The van der Waals surface area contributed by atoms with Gasteiger partial charge in [-0.1, -0.05) is 6.08 Å². The third kappa shape index (κ3) is 3.63. The van der Waals surface area contributed by atoms with Crippen molar-refractivity contribution in [2.24, 2.45) is 0 Å². The van der Waals surface area contributed by atoms with Crippen molar-refractivity contribution in [2.75, 3.05) is 20.5 Å². The van der Waals surface area contributed by atoms with Crippen LogP contribution in [0.4, 0.5) is 8.78 Å². The first kappa shape index (κ1) is 21.9. The summed E-state index contributed by atoms with van der Waals surface area (Å²) in [5.41, 5.74) is 1.76. The number of aliphatic hydroxyl groups is 1. The highest BCUT2D eigenvalue weighted by molar-refractivity contribution is 7.89. The lowest BCUT2D eigenvalue weighted by atomic mass is 9.95. The number of ether oxygens (including phenoxy) is 2. The number of hydrogen-bond acceptors (Lipinski definition) is 7. The summed E-state index contributed by atoms with van der Waals surface area (Å²) in [7, 11) is -1.11. The van der Waals surface area contributed by atoms with E-state index in [1.54, 1.807) is 18.3 Å². The molecule has 1 aliphatic carbocycles. The zero-order chi connectivity index (χ0) is 23.2. The van der Waals surface area contributed by atoms with Crippen LogP contribution in [0.5, 0.6) is 11.5 Å². The molecule has 4 rings (SSSR count). The molecule has 1 aliphatic rings. The van der Waals surface area contributed by atoms with Gasteiger partial charge in [0.15, 0.2) is 23.1 Å². The van der Waals surface area contributed by atoms with Gasteiger partial charge in [-0.2, -0.15) is 9.19 Å². The summed E-state index contributed by atoms with van der Waals surface area (Å²) in [5.74, 6) is -2.61. The highest BCUT2D eigenvalue weighted by Gasteiger charge is 2.31. The fourth-order valence-electron chi connectivity index (χ4n) is 3.57. The molecule has 1 unspecified atom stereocenters. The van der Waals surface area contributed by atoms with Gasteiger partial charge in [0.05, 0.1) is 44.1 Å². The molecule has 0 spiro atoms. The number of rotatable bonds is 6. The minimum absolute atomic E-state index is 0.262. The Hall–Kier alpha value is -3.31. The SMILES string of the molecule is COc1cc(OC)c(F)c(C(O)C2=CCc3ncc(-c4cnn(S(C)(=O)=O)c4)cc32)c1F. The van der Waals surface area contributed by atoms with Gasteiger partial charge in [0.1, 0.15) is 6.10 Å². The molecule has 0 aliphatic heterocycles. The lowest BCUT2D eigenvalue weighted by molar-refractivity contribution is 0.221. The summed E-state index contributed by atoms with van der Waals surface area (Å²) < 4.78 is 63.9. The molecule has 0 saturated carbocycles. The van der Waals surface area contributed by atoms with Crippen LogP contribution >= 0.6 is 0 Å². The van der Waals surface area contributed by atoms with E-state index in [2.05, 4.69) is 10.1 Å². The molecule has 1 atom stereocenters. The summed E-state index contributed by atoms with van der Waals surface area (Å²) in [4.78, 5) is 4.36. The van der Waals surface area contributed by atoms with Gasteiger partial charge in [-0.05, 0) is 11.6 Å². The van der Waals surface area contributed by atoms with Crippen molar-refractivity contribution in [3.63, 3.8) is 0 Å². The molecule has 1 N–H and O–H groups in total. The molecule has 2 heterocycles. The van der Waals surface area contributed by atoms with Crippen molar-refractivity contribution in [3.8, 4) is 22.6 Å². The normalized spacial score (nSPS) is 14.1. The Morgan fingerprint density at radius 1 is 1.09 bits per heavy atom. The minimum Gasteiger partial charge on any atom is -0.494 e. The number of aromatic nitrogens is 3. The van der Waals surface area contributed by atoms with Crippen LogP contribution < -0.4 is 9.47 Å². The van der Waals surface area contributed by atoms with Gasteiger partial charge in [0, 0.05) is 35.4 Å². The number of pyridine rings is 1. The van der Waals surface area contributed by atoms with E-state index < -0.39 is 33.3 Å². The van der Waals surface area contributed by atoms with E-state index in [-0.39, 0.29) is 17.1 Å². The molecule has 1 aromatic carbocycles. The fourth-order valence-corrected chi connectivity index (χ4v) is 4.10. The van der Waals surface area contributed by atoms with Crippen LogP contribution in [0.2, 0.25) is 0 Å². The number of benzene rings is 1. The van der Waals surface area contributed by atoms with Crippen molar-refractivity contribution < 1.29 is 31.8 Å². The number of aliphatic hydroxyl groups excluding tert-OH is 1. The van der Waals surface area contributed by atoms with Gasteiger partial charge < -0.3 is 14.6 Å². The van der Waals surface area contributed by atoms with E-state index in [1.807, 2.05) is 0 Å². The molecule has 3 aromatic rings. The highest BCUT2D eigenvalue weighted by atomic mass is 32.2. The predicted octanol–water partition coefficient (Wildman–Crippen LogP) is 2.72. The van der Waals surface area contributed by atoms with Gasteiger partial charge in [-0.25, -0.2) is 17.2 Å². The summed E-state index contributed by atoms with van der Waals surface area (Å²) in [6.07, 6.45) is 5.60. The molecule has 8 nitrogen and oxygen atoms in total. The van der Waals surface area contributed by atoms with Gasteiger partial charge in [0.2, 0.25) is 0 Å². The molecule has 0 bridgehead atoms. The Balaban J connectivity index is 1.77. The smallest absolute Gasteiger partial charge is 0.250 e. The Labute approximate surface area is 182 Å². The van der Waals surface area contributed by atoms with Crippen molar-refractivity contribution in [1.82, 2.24) is 14.2 Å². The molecule has 0 fully saturated rings. The van der Waals surface area contributed by atoms with Crippen LogP contribution in [0.15, 0.2) is 36.8 Å². The number of methoxy groups -OCH3 is 2. The predicted molar refractivity (Wildman–Crippen MR) is 112 cm³/mol. The second kappa shape index (κ2) is 7.99. The number of halogens is 2. The number of allylic oxidation sites excluding steroid dienone is 1. The molecular weight excluding hydrogens is 444 g/mol. The lowest BCUT2D eigenvalue weighted by Gasteiger charge is -2.19. The first-order valence-electron chi connectivity index (χ1n) is 9.38. The van der Waals surface area contributed by atoms with Crippen molar-refractivity contribution >= 4 is 15.6 Å². The monoisotopic (exact) mass is 463 g/mol. The average Bonchev–Trinajstić information content (AvgIpc) is 3.41. The summed E-state index contributed by atoms with van der Waals surface area (Å²) in [6.45, 7) is 0. The van der Waals surface area contributed by atoms with E-state index in [0.29, 0.717) is 28.8 Å². The summed E-state index contributed by atoms with van der Waals surface area (Å²) in [5, 5.41) is 14.8. The molecule has 0 saturated heterocycles. The Morgan fingerprint density at radius 3 is 2.31 bits per heavy atom. The maximum absolute atomic E-state index is 14.9. The Bertz CT molecular complexity index is 1320. The molecule has 11 heteroatoms. The second-order valence-corrected chi connectivity index (χ2v) is 9.01. The van der Waals surface area contributed by atoms with Crippen LogP contribution in [-0.2, 0) is 16.4 Å². The van der Waals surface area contributed by atoms with E-state index in [4.69, 9.17) is 9.47 Å². The van der Waals surface area contributed by atoms with Gasteiger partial charge in [-0.3, -0.25) is 4.98 Å². The maximum atomic E-state index is 14.9. The zero-order valence-corrected chi connectivity index (χ0v) is 18.2. The molecule has 0 amide bonds. The first-order chi connectivity index (χ1) is 15.2. The van der Waals surface area contributed by atoms with Gasteiger partial charge in [0.25, 0.3) is 10.0 Å². The van der Waals surface area contributed by atoms with Gasteiger partial charge in [-0.15, -0.1) is 0 Å². The Morgan fingerprint density at radius 2 is 1.75 bits per heavy atom. The van der Waals surface area contributed by atoms with E-state index in [1.165, 1.54) is 26.6 Å². The van der Waals surface area contributed by atoms with Crippen LogP contribution in [-0.4, -0.2) is 48.2 Å². The van der Waals surface area contributed by atoms with Crippen LogP contribution in [0.1, 0.15) is 22.9 Å². The third-order valence-corrected chi connectivity index (χ3v) is 6.08. The molecule has 2 aromatic heterocycles. The van der Waals surface area contributed by atoms with E-state index >= 15 is 0 Å². The Kier molecular flexibility index (Phi) is 5.47. The van der Waals surface area contributed by atoms with Crippen molar-refractivity contribution in [3.05, 3.63) is 65.3 Å². The minimum atomic E-state index is -3.56. The average molecular weight is 463 g/mol. The topological polar surface area (TPSA) is 104 Å². The first-order valence-corrected chi connectivity index (χ1v) is 11.2. The van der Waals surface area contributed by atoms with Crippen LogP contribution in [0.3, 0.4) is 0 Å². The highest BCUT2D eigenvalue weighted by Crippen LogP contribution is 2.42. The molecular formula is C21H19F2N3O5S. The molecule has 0 radical (unpaired) electrons. The summed E-state index contributed by atoms with van der Waals surface area (Å²) >= 11 is 0. The zero-order valence-electron chi connectivity index (χ0n) is 17.3. The van der Waals surface area contributed by atoms with Crippen LogP contribution in [0.25, 0.3) is 16.7 Å². The second-order valence-electron chi connectivity index (χ2n) is 7.17. The third-order valence-electron chi connectivity index (χ3n) is 5.21. The quantitative estimate of drug-likeness (QED) is 0.600. The lowest BCUT2D eigenvalue weighted by Crippen LogP contribution is -2.09. The van der Waals surface area contributed by atoms with Crippen molar-refractivity contribution in [1.29, 1.82) is 0 Å². The standard InChI is InChI=1S/C21H19F2N3O5S/c1-30-16-7-17(31-2)20(23)18(19(16)22)21(27)13-4-5-15-14(13)6-11(8-24-15)12-9-25-26(10-12)32(3,28)29/h4,6-10,21,27H,5H2,1-3H3. The van der Waals surface area contributed by atoms with Gasteiger partial charge >= 0.3 is 0 Å². The molecule has 32 heavy (non-hydrogen) atoms. The van der Waals surface area contributed by atoms with E-state index in [9.17, 15) is 22.3 Å². The number of hydrogen-bond donors (Lipinski definition) is 1. The molecule has 168 valence electrons. The largest absolute Gasteiger partial charge is 0.494 e. The number of nitrogens with zero attached hydrogens (tertiary/aromatic N) is 3. The summed E-state index contributed by atoms with van der Waals surface area (Å²) in [6, 6.07) is 2.73.